The van der Waals surface area contributed by atoms with Gasteiger partial charge in [-0.2, -0.15) is 39.9 Å². The van der Waals surface area contributed by atoms with Gasteiger partial charge in [-0.1, -0.05) is 285 Å². The quantitative estimate of drug-likeness (QED) is 0.138. The third-order valence-electron chi connectivity index (χ3n) is 22.4. The highest BCUT2D eigenvalue weighted by molar-refractivity contribution is 6.30. The van der Waals surface area contributed by atoms with E-state index in [0.29, 0.717) is 69.6 Å². The lowest BCUT2D eigenvalue weighted by Gasteiger charge is -2.39. The van der Waals surface area contributed by atoms with E-state index in [9.17, 15) is 0 Å². The predicted molar refractivity (Wildman–Crippen MR) is 496 cm³/mol. The first-order chi connectivity index (χ1) is 62.0. The second-order valence-corrected chi connectivity index (χ2v) is 31.2. The molecule has 22 aromatic rings. The van der Waals surface area contributed by atoms with Crippen molar-refractivity contribution in [3.63, 3.8) is 0 Å². The Morgan fingerprint density at radius 1 is 0.206 bits per heavy atom. The fourth-order valence-electron chi connectivity index (χ4n) is 16.9. The van der Waals surface area contributed by atoms with Crippen LogP contribution in [0.2, 0.25) is 21.1 Å². The summed E-state index contributed by atoms with van der Waals surface area (Å²) in [5.74, 6) is 8.52. The van der Waals surface area contributed by atoms with Gasteiger partial charge in [0.25, 0.3) is 0 Å². The Morgan fingerprint density at radius 2 is 0.595 bits per heavy atom. The summed E-state index contributed by atoms with van der Waals surface area (Å²) in [6, 6.07) is 121. The summed E-state index contributed by atoms with van der Waals surface area (Å²) in [6.07, 6.45) is 0. The number of ether oxygens (including phenoxy) is 3. The summed E-state index contributed by atoms with van der Waals surface area (Å²) < 4.78 is 30.7. The Balaban J connectivity index is 0.000000100. The van der Waals surface area contributed by atoms with Crippen molar-refractivity contribution in [2.24, 2.45) is 0 Å². The van der Waals surface area contributed by atoms with Crippen molar-refractivity contribution in [3.05, 3.63) is 407 Å². The SMILES string of the molecule is Clc1nc(-c2ccccc2)nc(-c2c3ccccc3cc3c2oc2ccccc23)n1.Clc1nc(-c2ccccc2)nc(-c2ccc3c(c2)-c2ccccc2C32c3ccccc3Oc3ccccc32)n1.Clc1nc(-c2ccccc2)nc(-c2ccc3c(c2)Oc2ccccc2O3)n1.Clc1nc(-c2ccccc2)nc(-c2cccc3oc4cc5ccccc5cc4c23)n1. The van der Waals surface area contributed by atoms with Gasteiger partial charge in [-0.15, -0.1) is 0 Å². The van der Waals surface area contributed by atoms with Gasteiger partial charge in [-0.25, -0.2) is 19.9 Å². The number of fused-ring (bicyclic) bond motifs is 19. The van der Waals surface area contributed by atoms with Gasteiger partial charge >= 0.3 is 0 Å². The maximum Gasteiger partial charge on any atom is 0.226 e. The molecule has 0 N–H and O–H groups in total. The molecule has 1 spiro atoms. The van der Waals surface area contributed by atoms with Crippen molar-refractivity contribution in [1.82, 2.24) is 59.8 Å². The van der Waals surface area contributed by atoms with Crippen LogP contribution in [0.1, 0.15) is 22.3 Å². The van der Waals surface area contributed by atoms with Crippen molar-refractivity contribution in [3.8, 4) is 137 Å². The summed E-state index contributed by atoms with van der Waals surface area (Å²) in [5.41, 5.74) is 16.6. The van der Waals surface area contributed by atoms with E-state index >= 15 is 0 Å². The number of furan rings is 2. The molecule has 1 aliphatic carbocycles. The average molecular weight is 1710 g/mol. The van der Waals surface area contributed by atoms with Crippen molar-refractivity contribution < 1.29 is 23.0 Å². The number of rotatable bonds is 8. The fourth-order valence-corrected chi connectivity index (χ4v) is 17.5. The Kier molecular flexibility index (Phi) is 19.5. The molecule has 0 fully saturated rings. The van der Waals surface area contributed by atoms with Gasteiger partial charge in [-0.3, -0.25) is 0 Å². The summed E-state index contributed by atoms with van der Waals surface area (Å²) >= 11 is 25.2. The first kappa shape index (κ1) is 76.4. The molecule has 0 atom stereocenters. The first-order valence-electron chi connectivity index (χ1n) is 40.3. The standard InChI is InChI=1S/C34H20ClN3O.2C25H14ClN3O.C21H12ClN3O2/c35-33-37-31(21-10-2-1-3-11-21)36-32(38-33)22-18-19-26-24(20-22)23-12-4-5-13-25(23)34(26)27-14-6-8-16-29(27)39-30-17-9-7-15-28(30)34;26-25-28-23(15-8-2-1-3-9-15)27-24(29-25)21-17-11-5-4-10-16(17)14-19-18-12-6-7-13-20(18)30-22(19)21;26-25-28-23(15-7-2-1-3-8-15)27-24(29-25)18-11-6-12-20-22(18)19-13-16-9-4-5-10-17(16)14-21(19)30-20;22-21-24-19(13-6-2-1-3-7-13)23-20(25-21)14-10-11-17-18(12-14)27-16-9-5-4-8-15(16)26-17/h1-20H;2*1-14H;1-12H. The predicted octanol–water partition coefficient (Wildman–Crippen LogP) is 27.9. The highest BCUT2D eigenvalue weighted by Crippen LogP contribution is 2.62. The summed E-state index contributed by atoms with van der Waals surface area (Å²) in [6.45, 7) is 0. The summed E-state index contributed by atoms with van der Waals surface area (Å²) in [5, 5.41) is 9.08. The second kappa shape index (κ2) is 32.2. The fraction of sp³-hybridized carbons (Fsp3) is 0.00952. The van der Waals surface area contributed by atoms with Crippen molar-refractivity contribution in [2.45, 2.75) is 5.41 Å². The molecule has 25 rings (SSSR count). The van der Waals surface area contributed by atoms with Crippen LogP contribution in [0, 0.1) is 0 Å². The third kappa shape index (κ3) is 14.1. The molecule has 126 heavy (non-hydrogen) atoms. The minimum Gasteiger partial charge on any atom is -0.457 e. The van der Waals surface area contributed by atoms with E-state index in [2.05, 4.69) is 172 Å². The Hall–Kier alpha value is -15.8. The number of para-hydroxylation sites is 5. The van der Waals surface area contributed by atoms with Gasteiger partial charge < -0.3 is 23.0 Å². The average Bonchev–Trinajstić information content (AvgIpc) is 1.51. The summed E-state index contributed by atoms with van der Waals surface area (Å²) in [4.78, 5) is 53.8. The van der Waals surface area contributed by atoms with E-state index in [1.54, 1.807) is 0 Å². The van der Waals surface area contributed by atoms with Crippen LogP contribution in [0.25, 0.3) is 168 Å². The molecule has 2 aliphatic heterocycles. The molecule has 21 heteroatoms. The number of hydrogen-bond acceptors (Lipinski definition) is 17. The van der Waals surface area contributed by atoms with E-state index in [1.165, 1.54) is 16.7 Å². The van der Waals surface area contributed by atoms with Gasteiger partial charge in [-0.05, 0) is 169 Å². The lowest BCUT2D eigenvalue weighted by Crippen LogP contribution is -2.32. The van der Waals surface area contributed by atoms with Gasteiger partial charge in [0.2, 0.25) is 21.1 Å². The van der Waals surface area contributed by atoms with Gasteiger partial charge in [0.15, 0.2) is 69.6 Å². The third-order valence-corrected chi connectivity index (χ3v) is 23.1. The van der Waals surface area contributed by atoms with E-state index in [0.717, 1.165) is 138 Å². The summed E-state index contributed by atoms with van der Waals surface area (Å²) in [7, 11) is 0. The van der Waals surface area contributed by atoms with Gasteiger partial charge in [0.1, 0.15) is 33.8 Å². The zero-order chi connectivity index (χ0) is 84.4. The molecule has 16 aromatic carbocycles. The largest absolute Gasteiger partial charge is 0.457 e. The molecule has 0 unspecified atom stereocenters. The Morgan fingerprint density at radius 3 is 1.18 bits per heavy atom. The van der Waals surface area contributed by atoms with Crippen LogP contribution in [-0.2, 0) is 5.41 Å². The molecule has 0 bridgehead atoms. The monoisotopic (exact) mass is 1710 g/mol. The number of aromatic nitrogens is 12. The maximum absolute atomic E-state index is 6.41. The van der Waals surface area contributed by atoms with Gasteiger partial charge in [0, 0.05) is 71.6 Å². The molecule has 0 saturated heterocycles. The minimum absolute atomic E-state index is 0.138. The molecule has 6 aromatic heterocycles. The molecule has 0 radical (unpaired) electrons. The van der Waals surface area contributed by atoms with E-state index in [1.807, 2.05) is 237 Å². The first-order valence-corrected chi connectivity index (χ1v) is 41.8. The zero-order valence-corrected chi connectivity index (χ0v) is 69.1. The molecule has 598 valence electrons. The van der Waals surface area contributed by atoms with E-state index in [-0.39, 0.29) is 21.1 Å². The highest BCUT2D eigenvalue weighted by atomic mass is 35.5. The lowest BCUT2D eigenvalue weighted by molar-refractivity contribution is 0.360. The molecule has 0 amide bonds. The molecule has 17 nitrogen and oxygen atoms in total. The molecule has 3 aliphatic rings. The van der Waals surface area contributed by atoms with Crippen LogP contribution < -0.4 is 14.2 Å². The molecule has 8 heterocycles. The van der Waals surface area contributed by atoms with Crippen LogP contribution >= 0.6 is 46.4 Å². The van der Waals surface area contributed by atoms with Crippen LogP contribution in [-0.4, -0.2) is 59.8 Å². The minimum atomic E-state index is -0.498. The second-order valence-electron chi connectivity index (χ2n) is 29.9. The molecular formula is C105H60Cl4N12O5. The Labute approximate surface area is 739 Å². The van der Waals surface area contributed by atoms with Gasteiger partial charge in [0.05, 0.1) is 11.0 Å². The number of halogens is 4. The zero-order valence-electron chi connectivity index (χ0n) is 66.1. The van der Waals surface area contributed by atoms with Crippen LogP contribution in [0.3, 0.4) is 0 Å². The van der Waals surface area contributed by atoms with Crippen LogP contribution in [0.5, 0.6) is 34.5 Å². The van der Waals surface area contributed by atoms with Crippen molar-refractivity contribution in [2.75, 3.05) is 0 Å². The normalized spacial score (nSPS) is 12.2. The molecule has 0 saturated carbocycles. The van der Waals surface area contributed by atoms with Crippen molar-refractivity contribution >= 4 is 112 Å². The molecular weight excluding hydrogens is 1650 g/mol. The highest BCUT2D eigenvalue weighted by Gasteiger charge is 2.51. The van der Waals surface area contributed by atoms with Crippen molar-refractivity contribution in [1.29, 1.82) is 0 Å². The number of benzene rings is 16. The maximum atomic E-state index is 6.41. The van der Waals surface area contributed by atoms with Crippen LogP contribution in [0.4, 0.5) is 0 Å². The van der Waals surface area contributed by atoms with E-state index in [4.69, 9.17) is 84.4 Å². The Bertz CT molecular complexity index is 8010. The topological polar surface area (TPSA) is 209 Å². The lowest BCUT2D eigenvalue weighted by atomic mass is 9.66. The number of hydrogen-bond donors (Lipinski definition) is 0. The van der Waals surface area contributed by atoms with E-state index < -0.39 is 5.41 Å². The van der Waals surface area contributed by atoms with Crippen LogP contribution in [0.15, 0.2) is 373 Å². The smallest absolute Gasteiger partial charge is 0.226 e. The number of nitrogens with zero attached hydrogens (tertiary/aromatic N) is 12.